The van der Waals surface area contributed by atoms with Crippen LogP contribution in [0.4, 0.5) is 0 Å². The Morgan fingerprint density at radius 1 is 1.10 bits per heavy atom. The number of benzene rings is 3. The fourth-order valence-corrected chi connectivity index (χ4v) is 5.24. The zero-order valence-corrected chi connectivity index (χ0v) is 25.1. The molecule has 0 saturated carbocycles. The van der Waals surface area contributed by atoms with Crippen LogP contribution in [0.5, 0.6) is 17.2 Å². The van der Waals surface area contributed by atoms with Crippen LogP contribution in [0.15, 0.2) is 78.3 Å². The number of aliphatic hydroxyl groups excluding tert-OH is 1. The highest BCUT2D eigenvalue weighted by molar-refractivity contribution is 6.35. The fourth-order valence-electron chi connectivity index (χ4n) is 4.74. The first-order valence-corrected chi connectivity index (χ1v) is 14.3. The summed E-state index contributed by atoms with van der Waals surface area (Å²) in [6, 6.07) is 17.9. The molecule has 0 aromatic heterocycles. The number of methoxy groups -OCH3 is 2. The van der Waals surface area contributed by atoms with Gasteiger partial charge in [0.1, 0.15) is 5.75 Å². The molecule has 42 heavy (non-hydrogen) atoms. The molecule has 0 unspecified atom stereocenters. The molecule has 0 radical (unpaired) electrons. The molecular formula is C32H34Cl2N2O6. The lowest BCUT2D eigenvalue weighted by molar-refractivity contribution is -0.128. The third kappa shape index (κ3) is 7.01. The van der Waals surface area contributed by atoms with Crippen molar-refractivity contribution >= 4 is 35.0 Å². The Labute approximate surface area is 255 Å². The summed E-state index contributed by atoms with van der Waals surface area (Å²) >= 11 is 12.8. The zero-order chi connectivity index (χ0) is 30.1. The fraction of sp³-hybridized carbons (Fsp3) is 0.312. The first kappa shape index (κ1) is 31.2. The predicted molar refractivity (Wildman–Crippen MR) is 164 cm³/mol. The average Bonchev–Trinajstić information content (AvgIpc) is 3.37. The van der Waals surface area contributed by atoms with Crippen molar-refractivity contribution in [3.05, 3.63) is 100 Å². The van der Waals surface area contributed by atoms with Gasteiger partial charge in [0, 0.05) is 47.2 Å². The van der Waals surface area contributed by atoms with Crippen molar-refractivity contribution in [3.8, 4) is 17.2 Å². The van der Waals surface area contributed by atoms with E-state index >= 15 is 0 Å². The normalized spacial score (nSPS) is 17.6. The van der Waals surface area contributed by atoms with Crippen molar-refractivity contribution in [2.45, 2.75) is 30.9 Å². The minimum absolute atomic E-state index is 0.0547. The van der Waals surface area contributed by atoms with Crippen molar-refractivity contribution in [3.63, 3.8) is 0 Å². The average molecular weight is 614 g/mol. The lowest BCUT2D eigenvalue weighted by Gasteiger charge is -2.30. The van der Waals surface area contributed by atoms with Gasteiger partial charge in [-0.3, -0.25) is 4.79 Å². The van der Waals surface area contributed by atoms with E-state index in [-0.39, 0.29) is 18.9 Å². The maximum absolute atomic E-state index is 14.0. The van der Waals surface area contributed by atoms with E-state index in [4.69, 9.17) is 52.2 Å². The number of nitrogens with zero attached hydrogens (tertiary/aromatic N) is 1. The van der Waals surface area contributed by atoms with Gasteiger partial charge in [0.15, 0.2) is 23.1 Å². The van der Waals surface area contributed by atoms with E-state index in [1.54, 1.807) is 50.6 Å². The van der Waals surface area contributed by atoms with Gasteiger partial charge in [0.25, 0.3) is 5.91 Å². The van der Waals surface area contributed by atoms with E-state index in [9.17, 15) is 4.79 Å². The van der Waals surface area contributed by atoms with E-state index in [1.807, 2.05) is 30.3 Å². The predicted octanol–water partition coefficient (Wildman–Crippen LogP) is 5.96. The molecule has 4 rings (SSSR count). The van der Waals surface area contributed by atoms with Gasteiger partial charge >= 0.3 is 0 Å². The lowest BCUT2D eigenvalue weighted by Crippen LogP contribution is -2.48. The highest BCUT2D eigenvalue weighted by atomic mass is 35.5. The number of carbonyl (C=O) groups excluding carboxylic acids is 1. The maximum atomic E-state index is 14.0. The minimum atomic E-state index is -1.37. The molecule has 8 nitrogen and oxygen atoms in total. The molecule has 0 bridgehead atoms. The number of ether oxygens (including phenoxy) is 4. The van der Waals surface area contributed by atoms with Gasteiger partial charge < -0.3 is 29.4 Å². The second-order valence-corrected chi connectivity index (χ2v) is 10.5. The molecule has 1 heterocycles. The van der Waals surface area contributed by atoms with Crippen molar-refractivity contribution in [2.24, 2.45) is 4.99 Å². The maximum Gasteiger partial charge on any atom is 0.252 e. The van der Waals surface area contributed by atoms with Crippen molar-refractivity contribution in [1.29, 1.82) is 0 Å². The number of amides is 1. The van der Waals surface area contributed by atoms with Gasteiger partial charge in [0.05, 0.1) is 20.8 Å². The molecule has 1 aliphatic rings. The SMILES string of the molecule is C=CC[C@@]1(C(=O)NCCc2ccc(OC)c(OC)c2)N=C(c2ccc(OCCCO)cc2)O[C@@H]1c1ccc(Cl)cc1Cl. The molecule has 0 fully saturated rings. The highest BCUT2D eigenvalue weighted by Gasteiger charge is 2.53. The van der Waals surface area contributed by atoms with Crippen molar-refractivity contribution in [2.75, 3.05) is 34.0 Å². The summed E-state index contributed by atoms with van der Waals surface area (Å²) in [6.45, 7) is 4.71. The zero-order valence-electron chi connectivity index (χ0n) is 23.6. The second-order valence-electron chi connectivity index (χ2n) is 9.64. The summed E-state index contributed by atoms with van der Waals surface area (Å²) in [7, 11) is 3.16. The van der Waals surface area contributed by atoms with Gasteiger partial charge in [-0.2, -0.15) is 0 Å². The number of nitrogens with one attached hydrogen (secondary N) is 1. The van der Waals surface area contributed by atoms with Crippen LogP contribution in [0.25, 0.3) is 0 Å². The Morgan fingerprint density at radius 3 is 2.52 bits per heavy atom. The molecule has 3 aromatic carbocycles. The minimum Gasteiger partial charge on any atom is -0.494 e. The van der Waals surface area contributed by atoms with Gasteiger partial charge in [0.2, 0.25) is 5.90 Å². The first-order valence-electron chi connectivity index (χ1n) is 13.5. The van der Waals surface area contributed by atoms with Crippen LogP contribution in [0.1, 0.15) is 35.6 Å². The smallest absolute Gasteiger partial charge is 0.252 e. The van der Waals surface area contributed by atoms with Gasteiger partial charge in [-0.25, -0.2) is 4.99 Å². The number of rotatable bonds is 14. The Bertz CT molecular complexity index is 1430. The van der Waals surface area contributed by atoms with Crippen molar-refractivity contribution in [1.82, 2.24) is 5.32 Å². The Morgan fingerprint density at radius 2 is 1.86 bits per heavy atom. The van der Waals surface area contributed by atoms with Crippen LogP contribution in [0, 0.1) is 0 Å². The lowest BCUT2D eigenvalue weighted by atomic mass is 9.84. The number of aliphatic hydroxyl groups is 1. The van der Waals surface area contributed by atoms with E-state index < -0.39 is 11.6 Å². The third-order valence-electron chi connectivity index (χ3n) is 6.88. The summed E-state index contributed by atoms with van der Waals surface area (Å²) in [4.78, 5) is 18.9. The van der Waals surface area contributed by atoms with Crippen LogP contribution >= 0.6 is 23.2 Å². The number of hydrogen-bond acceptors (Lipinski definition) is 7. The number of aliphatic imine (C=N–C) groups is 1. The van der Waals surface area contributed by atoms with Crippen LogP contribution in [-0.2, 0) is 16.0 Å². The number of hydrogen-bond donors (Lipinski definition) is 2. The number of halogens is 2. The molecular weight excluding hydrogens is 579 g/mol. The molecule has 1 amide bonds. The van der Waals surface area contributed by atoms with Gasteiger partial charge in [-0.15, -0.1) is 6.58 Å². The van der Waals surface area contributed by atoms with Gasteiger partial charge in [-0.1, -0.05) is 41.4 Å². The largest absolute Gasteiger partial charge is 0.494 e. The van der Waals surface area contributed by atoms with Crippen LogP contribution in [0.3, 0.4) is 0 Å². The Hall–Kier alpha value is -3.72. The molecule has 0 aliphatic carbocycles. The monoisotopic (exact) mass is 612 g/mol. The van der Waals surface area contributed by atoms with Gasteiger partial charge in [-0.05, 0) is 60.5 Å². The molecule has 2 atom stereocenters. The van der Waals surface area contributed by atoms with Crippen LogP contribution in [-0.4, -0.2) is 56.4 Å². The number of carbonyl (C=O) groups is 1. The molecule has 2 N–H and O–H groups in total. The Balaban J connectivity index is 1.62. The third-order valence-corrected chi connectivity index (χ3v) is 7.44. The Kier molecular flexibility index (Phi) is 10.7. The molecule has 222 valence electrons. The van der Waals surface area contributed by atoms with Crippen LogP contribution in [0.2, 0.25) is 10.0 Å². The van der Waals surface area contributed by atoms with E-state index in [0.717, 1.165) is 5.56 Å². The summed E-state index contributed by atoms with van der Waals surface area (Å²) in [6.07, 6.45) is 2.10. The molecule has 0 spiro atoms. The van der Waals surface area contributed by atoms with E-state index in [2.05, 4.69) is 11.9 Å². The summed E-state index contributed by atoms with van der Waals surface area (Å²) in [5.74, 6) is 1.87. The van der Waals surface area contributed by atoms with E-state index in [1.165, 1.54) is 0 Å². The summed E-state index contributed by atoms with van der Waals surface area (Å²) in [5, 5.41) is 12.9. The first-order chi connectivity index (χ1) is 20.3. The topological polar surface area (TPSA) is 98.6 Å². The van der Waals surface area contributed by atoms with Crippen molar-refractivity contribution < 1.29 is 28.8 Å². The highest BCUT2D eigenvalue weighted by Crippen LogP contribution is 2.45. The van der Waals surface area contributed by atoms with Crippen LogP contribution < -0.4 is 19.5 Å². The molecule has 1 aliphatic heterocycles. The summed E-state index contributed by atoms with van der Waals surface area (Å²) in [5.41, 5.74) is 0.850. The molecule has 10 heteroatoms. The molecule has 3 aromatic rings. The summed E-state index contributed by atoms with van der Waals surface area (Å²) < 4.78 is 22.8. The quantitative estimate of drug-likeness (QED) is 0.172. The standard InChI is InChI=1S/C32H34Cl2N2O6/c1-4-15-32(31(38)35-16-14-21-6-13-27(39-2)28(19-21)40-3)29(25-12-9-23(33)20-26(25)34)42-30(36-32)22-7-10-24(11-8-22)41-18-5-17-37/h4,6-13,19-20,29,37H,1,5,14-18H2,2-3H3,(H,35,38)/t29-,32-/m1/s1. The van der Waals surface area contributed by atoms with E-state index in [0.29, 0.717) is 70.3 Å². The molecule has 0 saturated heterocycles. The second kappa shape index (κ2) is 14.4.